The second kappa shape index (κ2) is 4.02. The smallest absolute Gasteiger partial charge is 0.102 e. The molecule has 0 spiro atoms. The summed E-state index contributed by atoms with van der Waals surface area (Å²) in [7, 11) is 0. The van der Waals surface area contributed by atoms with Crippen LogP contribution in [0.15, 0.2) is 23.2 Å². The minimum Gasteiger partial charge on any atom is -0.276 e. The van der Waals surface area contributed by atoms with Crippen molar-refractivity contribution in [3.05, 3.63) is 33.8 Å². The molecule has 2 nitrogen and oxygen atoms in total. The fourth-order valence-electron chi connectivity index (χ4n) is 2.50. The Balaban J connectivity index is 1.92. The van der Waals surface area contributed by atoms with Crippen molar-refractivity contribution in [3.8, 4) is 0 Å². The molecule has 16 heavy (non-hydrogen) atoms. The zero-order chi connectivity index (χ0) is 11.1. The fourth-order valence-corrected chi connectivity index (χ4v) is 2.80. The first-order valence-corrected chi connectivity index (χ1v) is 6.25. The first-order chi connectivity index (χ1) is 7.75. The van der Waals surface area contributed by atoms with E-state index in [-0.39, 0.29) is 6.04 Å². The van der Waals surface area contributed by atoms with Crippen LogP contribution in [-0.4, -0.2) is 23.8 Å². The third-order valence-electron chi connectivity index (χ3n) is 3.30. The molecule has 2 aliphatic rings. The topological polar surface area (TPSA) is 15.6 Å². The maximum atomic E-state index is 6.04. The summed E-state index contributed by atoms with van der Waals surface area (Å²) in [5.74, 6) is 0. The molecule has 1 fully saturated rings. The largest absolute Gasteiger partial charge is 0.276 e. The van der Waals surface area contributed by atoms with Crippen molar-refractivity contribution in [2.45, 2.75) is 25.0 Å². The number of benzene rings is 1. The zero-order valence-electron chi connectivity index (χ0n) is 8.74. The molecule has 0 N–H and O–H groups in total. The Morgan fingerprint density at radius 2 is 2.12 bits per heavy atom. The van der Waals surface area contributed by atoms with Crippen LogP contribution in [0.1, 0.15) is 24.4 Å². The van der Waals surface area contributed by atoms with E-state index in [2.05, 4.69) is 9.89 Å². The van der Waals surface area contributed by atoms with Crippen molar-refractivity contribution in [1.29, 1.82) is 0 Å². The second-order valence-corrected chi connectivity index (χ2v) is 5.09. The first kappa shape index (κ1) is 10.6. The van der Waals surface area contributed by atoms with Crippen LogP contribution < -0.4 is 0 Å². The lowest BCUT2D eigenvalue weighted by atomic mass is 10.1. The number of nitrogens with zero attached hydrogens (tertiary/aromatic N) is 2. The van der Waals surface area contributed by atoms with E-state index >= 15 is 0 Å². The summed E-state index contributed by atoms with van der Waals surface area (Å²) in [6, 6.07) is 6.12. The van der Waals surface area contributed by atoms with Gasteiger partial charge in [-0.25, -0.2) is 0 Å². The minimum atomic E-state index is 0.280. The lowest BCUT2D eigenvalue weighted by Gasteiger charge is -2.22. The van der Waals surface area contributed by atoms with Gasteiger partial charge in [-0.05, 0) is 30.5 Å². The van der Waals surface area contributed by atoms with Gasteiger partial charge in [0.15, 0.2) is 0 Å². The molecule has 0 aromatic heterocycles. The molecule has 1 saturated heterocycles. The molecule has 2 atom stereocenters. The second-order valence-electron chi connectivity index (χ2n) is 4.28. The molecule has 0 saturated carbocycles. The van der Waals surface area contributed by atoms with Crippen LogP contribution in [0.4, 0.5) is 0 Å². The van der Waals surface area contributed by atoms with Gasteiger partial charge in [0.2, 0.25) is 0 Å². The Morgan fingerprint density at radius 1 is 1.25 bits per heavy atom. The van der Waals surface area contributed by atoms with E-state index in [1.165, 1.54) is 18.4 Å². The van der Waals surface area contributed by atoms with Gasteiger partial charge in [-0.2, -0.15) is 0 Å². The zero-order valence-corrected chi connectivity index (χ0v) is 10.2. The Bertz CT molecular complexity index is 445. The highest BCUT2D eigenvalue weighted by molar-refractivity contribution is 6.42. The number of hydrogen-bond acceptors (Lipinski definition) is 2. The molecule has 0 aliphatic carbocycles. The van der Waals surface area contributed by atoms with Crippen LogP contribution in [0.2, 0.25) is 10.0 Å². The van der Waals surface area contributed by atoms with Gasteiger partial charge < -0.3 is 0 Å². The number of fused-ring (bicyclic) bond motifs is 1. The van der Waals surface area contributed by atoms with Crippen LogP contribution >= 0.6 is 23.2 Å². The van der Waals surface area contributed by atoms with Gasteiger partial charge >= 0.3 is 0 Å². The van der Waals surface area contributed by atoms with Crippen molar-refractivity contribution in [1.82, 2.24) is 4.90 Å². The monoisotopic (exact) mass is 254 g/mol. The van der Waals surface area contributed by atoms with Gasteiger partial charge in [-0.15, -0.1) is 0 Å². The van der Waals surface area contributed by atoms with E-state index in [0.29, 0.717) is 16.2 Å². The van der Waals surface area contributed by atoms with E-state index in [1.807, 2.05) is 24.4 Å². The Hall–Kier alpha value is -0.570. The lowest BCUT2D eigenvalue weighted by molar-refractivity contribution is 0.258. The average Bonchev–Trinajstić information content (AvgIpc) is 2.83. The highest BCUT2D eigenvalue weighted by atomic mass is 35.5. The molecule has 0 amide bonds. The maximum Gasteiger partial charge on any atom is 0.102 e. The fraction of sp³-hybridized carbons (Fsp3) is 0.417. The quantitative estimate of drug-likeness (QED) is 0.749. The third-order valence-corrected chi connectivity index (χ3v) is 4.04. The van der Waals surface area contributed by atoms with E-state index in [9.17, 15) is 0 Å². The number of rotatable bonds is 1. The number of aliphatic imine (C=N–C) groups is 1. The Morgan fingerprint density at radius 3 is 2.94 bits per heavy atom. The molecule has 0 radical (unpaired) electrons. The summed E-state index contributed by atoms with van der Waals surface area (Å²) in [6.45, 7) is 1.12. The summed E-state index contributed by atoms with van der Waals surface area (Å²) in [5.41, 5.74) is 1.18. The molecular weight excluding hydrogens is 243 g/mol. The van der Waals surface area contributed by atoms with E-state index < -0.39 is 0 Å². The maximum absolute atomic E-state index is 6.04. The van der Waals surface area contributed by atoms with Crippen LogP contribution in [0.5, 0.6) is 0 Å². The Kier molecular flexibility index (Phi) is 2.66. The van der Waals surface area contributed by atoms with Crippen molar-refractivity contribution in [2.24, 2.45) is 4.99 Å². The summed E-state index contributed by atoms with van der Waals surface area (Å²) in [6.07, 6.45) is 4.83. The minimum absolute atomic E-state index is 0.280. The summed E-state index contributed by atoms with van der Waals surface area (Å²) < 4.78 is 0. The van der Waals surface area contributed by atoms with Gasteiger partial charge in [0, 0.05) is 12.8 Å². The predicted molar refractivity (Wildman–Crippen MR) is 67.4 cm³/mol. The lowest BCUT2D eigenvalue weighted by Crippen LogP contribution is -2.27. The summed E-state index contributed by atoms with van der Waals surface area (Å²) >= 11 is 12.0. The summed E-state index contributed by atoms with van der Waals surface area (Å²) in [4.78, 5) is 6.95. The van der Waals surface area contributed by atoms with Gasteiger partial charge in [-0.3, -0.25) is 9.89 Å². The molecule has 3 rings (SSSR count). The third kappa shape index (κ3) is 1.65. The van der Waals surface area contributed by atoms with Crippen LogP contribution in [0.3, 0.4) is 0 Å². The van der Waals surface area contributed by atoms with Crippen LogP contribution in [0.25, 0.3) is 0 Å². The highest BCUT2D eigenvalue weighted by Gasteiger charge is 2.34. The van der Waals surface area contributed by atoms with Gasteiger partial charge in [-0.1, -0.05) is 29.3 Å². The van der Waals surface area contributed by atoms with E-state index in [1.54, 1.807) is 0 Å². The molecule has 4 heteroatoms. The van der Waals surface area contributed by atoms with Crippen molar-refractivity contribution >= 4 is 29.4 Å². The average molecular weight is 255 g/mol. The summed E-state index contributed by atoms with van der Waals surface area (Å²) in [5, 5.41) is 1.23. The Labute approximate surface area is 105 Å². The predicted octanol–water partition coefficient (Wildman–Crippen LogP) is 3.54. The molecule has 2 unspecified atom stereocenters. The molecule has 1 aromatic rings. The van der Waals surface area contributed by atoms with Gasteiger partial charge in [0.25, 0.3) is 0 Å². The van der Waals surface area contributed by atoms with Crippen molar-refractivity contribution < 1.29 is 0 Å². The highest BCUT2D eigenvalue weighted by Crippen LogP contribution is 2.35. The van der Waals surface area contributed by atoms with Crippen molar-refractivity contribution in [3.63, 3.8) is 0 Å². The molecule has 0 bridgehead atoms. The van der Waals surface area contributed by atoms with Crippen LogP contribution in [0, 0.1) is 0 Å². The van der Waals surface area contributed by atoms with E-state index in [0.717, 1.165) is 6.54 Å². The standard InChI is InChI=1S/C12H12Cl2N2/c13-9-4-3-8(6-10(9)14)11-7-15-12-2-1-5-16(11)12/h3-4,6-7,11-12H,1-2,5H2. The SMILES string of the molecule is Clc1ccc(C2C=NC3CCCN32)cc1Cl. The number of halogens is 2. The molecular formula is C12H12Cl2N2. The molecule has 2 heterocycles. The number of hydrogen-bond donors (Lipinski definition) is 0. The van der Waals surface area contributed by atoms with Crippen LogP contribution in [-0.2, 0) is 0 Å². The van der Waals surface area contributed by atoms with Gasteiger partial charge in [0.1, 0.15) is 6.17 Å². The van der Waals surface area contributed by atoms with Gasteiger partial charge in [0.05, 0.1) is 16.1 Å². The first-order valence-electron chi connectivity index (χ1n) is 5.50. The van der Waals surface area contributed by atoms with Crippen molar-refractivity contribution in [2.75, 3.05) is 6.54 Å². The normalized spacial score (nSPS) is 28.6. The molecule has 1 aromatic carbocycles. The van der Waals surface area contributed by atoms with E-state index in [4.69, 9.17) is 23.2 Å². The molecule has 84 valence electrons. The molecule has 2 aliphatic heterocycles.